The molecule has 1 N–H and O–H groups in total. The molecular weight excluding hydrogens is 302 g/mol. The van der Waals surface area contributed by atoms with Crippen molar-refractivity contribution < 1.29 is 19.4 Å². The molecule has 7 heteroatoms. The van der Waals surface area contributed by atoms with Gasteiger partial charge in [0.1, 0.15) is 5.75 Å². The second kappa shape index (κ2) is 6.95. The molecule has 98 valence electrons. The van der Waals surface area contributed by atoms with Crippen LogP contribution in [0.1, 0.15) is 6.42 Å². The number of Topliss-reactive ketones (excluding diaryl/α,β-unsaturated/α-hetero) is 2. The Balaban J connectivity index is 2.67. The van der Waals surface area contributed by atoms with Crippen molar-refractivity contribution in [1.29, 1.82) is 0 Å². The van der Waals surface area contributed by atoms with E-state index in [9.17, 15) is 9.59 Å². The minimum atomic E-state index is -0.744. The number of ether oxygens (including phenoxy) is 1. The Kier molecular flexibility index (Phi) is 5.88. The van der Waals surface area contributed by atoms with Crippen molar-refractivity contribution in [2.45, 2.75) is 6.42 Å². The van der Waals surface area contributed by atoms with Gasteiger partial charge in [-0.1, -0.05) is 34.8 Å². The Labute approximate surface area is 118 Å². The minimum absolute atomic E-state index is 0.163. The summed E-state index contributed by atoms with van der Waals surface area (Å²) in [6.07, 6.45) is -0.225. The van der Waals surface area contributed by atoms with E-state index in [-0.39, 0.29) is 33.8 Å². The van der Waals surface area contributed by atoms with Crippen molar-refractivity contribution in [3.8, 4) is 5.75 Å². The fraction of sp³-hybridized carbons (Fsp3) is 0.273. The first-order chi connectivity index (χ1) is 8.45. The number of ketones is 2. The molecule has 4 nitrogen and oxygen atoms in total. The molecule has 0 saturated carbocycles. The molecule has 0 amide bonds. The van der Waals surface area contributed by atoms with E-state index in [0.29, 0.717) is 0 Å². The Hall–Kier alpha value is -0.810. The zero-order valence-electron chi connectivity index (χ0n) is 9.08. The van der Waals surface area contributed by atoms with Gasteiger partial charge in [-0.15, -0.1) is 0 Å². The highest BCUT2D eigenvalue weighted by Gasteiger charge is 2.15. The summed E-state index contributed by atoms with van der Waals surface area (Å²) in [5.74, 6) is -1.28. The van der Waals surface area contributed by atoms with Gasteiger partial charge in [0.25, 0.3) is 0 Å². The Bertz CT molecular complexity index is 474. The lowest BCUT2D eigenvalue weighted by Gasteiger charge is -2.08. The molecule has 0 unspecified atom stereocenters. The number of hydrogen-bond acceptors (Lipinski definition) is 4. The van der Waals surface area contributed by atoms with Crippen molar-refractivity contribution in [1.82, 2.24) is 0 Å². The van der Waals surface area contributed by atoms with Gasteiger partial charge < -0.3 is 9.84 Å². The van der Waals surface area contributed by atoms with Crippen molar-refractivity contribution in [2.24, 2.45) is 0 Å². The monoisotopic (exact) mass is 310 g/mol. The third-order valence-electron chi connectivity index (χ3n) is 1.98. The highest BCUT2D eigenvalue weighted by atomic mass is 35.5. The maximum absolute atomic E-state index is 11.3. The van der Waals surface area contributed by atoms with Crippen LogP contribution in [0.3, 0.4) is 0 Å². The predicted molar refractivity (Wildman–Crippen MR) is 68.7 cm³/mol. The first-order valence-electron chi connectivity index (χ1n) is 4.90. The molecular formula is C11H9Cl3O4. The van der Waals surface area contributed by atoms with Crippen LogP contribution in [0.25, 0.3) is 0 Å². The van der Waals surface area contributed by atoms with E-state index in [0.717, 1.165) is 0 Å². The standard InChI is InChI=1S/C11H9Cl3O4/c12-6-3-8(14)11(4-7(6)13)18-5-10(17)9(16)1-2-15/h3-4,15H,1-2,5H2. The molecule has 0 fully saturated rings. The van der Waals surface area contributed by atoms with Crippen LogP contribution in [0.4, 0.5) is 0 Å². The topological polar surface area (TPSA) is 63.6 Å². The smallest absolute Gasteiger partial charge is 0.235 e. The fourth-order valence-electron chi connectivity index (χ4n) is 1.08. The number of aliphatic hydroxyl groups is 1. The zero-order chi connectivity index (χ0) is 13.7. The summed E-state index contributed by atoms with van der Waals surface area (Å²) in [5, 5.41) is 9.19. The van der Waals surface area contributed by atoms with Crippen LogP contribution in [0.2, 0.25) is 15.1 Å². The van der Waals surface area contributed by atoms with E-state index in [4.69, 9.17) is 44.6 Å². The second-order valence-corrected chi connectivity index (χ2v) is 4.53. The Morgan fingerprint density at radius 1 is 1.06 bits per heavy atom. The summed E-state index contributed by atoms with van der Waals surface area (Å²) in [7, 11) is 0. The number of hydrogen-bond donors (Lipinski definition) is 1. The number of benzene rings is 1. The summed E-state index contributed by atoms with van der Waals surface area (Å²) in [5.41, 5.74) is 0. The number of carbonyl (C=O) groups is 2. The number of aliphatic hydroxyl groups excluding tert-OH is 1. The van der Waals surface area contributed by atoms with Crippen LogP contribution < -0.4 is 4.74 Å². The maximum atomic E-state index is 11.3. The molecule has 0 radical (unpaired) electrons. The van der Waals surface area contributed by atoms with E-state index in [1.165, 1.54) is 12.1 Å². The van der Waals surface area contributed by atoms with Gasteiger partial charge in [0.05, 0.1) is 21.7 Å². The summed E-state index contributed by atoms with van der Waals surface area (Å²) >= 11 is 17.3. The van der Waals surface area contributed by atoms with Crippen LogP contribution in [0.5, 0.6) is 5.75 Å². The molecule has 18 heavy (non-hydrogen) atoms. The largest absolute Gasteiger partial charge is 0.484 e. The molecule has 0 saturated heterocycles. The Morgan fingerprint density at radius 3 is 2.28 bits per heavy atom. The number of rotatable bonds is 6. The highest BCUT2D eigenvalue weighted by Crippen LogP contribution is 2.33. The quantitative estimate of drug-likeness (QED) is 0.648. The lowest BCUT2D eigenvalue weighted by atomic mass is 10.2. The van der Waals surface area contributed by atoms with Crippen LogP contribution in [-0.4, -0.2) is 29.9 Å². The van der Waals surface area contributed by atoms with Gasteiger partial charge in [-0.2, -0.15) is 0 Å². The molecule has 0 bridgehead atoms. The number of halogens is 3. The maximum Gasteiger partial charge on any atom is 0.235 e. The van der Waals surface area contributed by atoms with Crippen molar-refractivity contribution in [2.75, 3.05) is 13.2 Å². The van der Waals surface area contributed by atoms with Crippen LogP contribution in [-0.2, 0) is 9.59 Å². The van der Waals surface area contributed by atoms with Gasteiger partial charge in [-0.05, 0) is 6.07 Å². The third-order valence-corrected chi connectivity index (χ3v) is 3.00. The molecule has 0 aromatic heterocycles. The zero-order valence-corrected chi connectivity index (χ0v) is 11.3. The van der Waals surface area contributed by atoms with Gasteiger partial charge >= 0.3 is 0 Å². The second-order valence-electron chi connectivity index (χ2n) is 3.31. The average Bonchev–Trinajstić information content (AvgIpc) is 2.32. The fourth-order valence-corrected chi connectivity index (χ4v) is 1.67. The summed E-state index contributed by atoms with van der Waals surface area (Å²) in [4.78, 5) is 22.4. The normalized spacial score (nSPS) is 10.2. The summed E-state index contributed by atoms with van der Waals surface area (Å²) in [6, 6.07) is 2.73. The molecule has 0 spiro atoms. The van der Waals surface area contributed by atoms with Crippen molar-refractivity contribution in [3.63, 3.8) is 0 Å². The van der Waals surface area contributed by atoms with Gasteiger partial charge in [0.2, 0.25) is 11.6 Å². The lowest BCUT2D eigenvalue weighted by molar-refractivity contribution is -0.138. The third kappa shape index (κ3) is 4.14. The van der Waals surface area contributed by atoms with Crippen LogP contribution in [0, 0.1) is 0 Å². The highest BCUT2D eigenvalue weighted by molar-refractivity contribution is 6.43. The van der Waals surface area contributed by atoms with Gasteiger partial charge in [-0.25, -0.2) is 0 Å². The molecule has 1 rings (SSSR count). The lowest BCUT2D eigenvalue weighted by Crippen LogP contribution is -2.22. The predicted octanol–water partition coefficient (Wildman–Crippen LogP) is 2.55. The van der Waals surface area contributed by atoms with E-state index in [1.54, 1.807) is 0 Å². The Morgan fingerprint density at radius 2 is 1.67 bits per heavy atom. The molecule has 0 aliphatic rings. The molecule has 0 aliphatic heterocycles. The van der Waals surface area contributed by atoms with E-state index in [1.807, 2.05) is 0 Å². The first kappa shape index (κ1) is 15.2. The van der Waals surface area contributed by atoms with E-state index >= 15 is 0 Å². The molecule has 0 heterocycles. The van der Waals surface area contributed by atoms with E-state index < -0.39 is 18.2 Å². The molecule has 0 aliphatic carbocycles. The van der Waals surface area contributed by atoms with Crippen molar-refractivity contribution in [3.05, 3.63) is 27.2 Å². The van der Waals surface area contributed by atoms with Gasteiger partial charge in [0, 0.05) is 12.5 Å². The van der Waals surface area contributed by atoms with E-state index in [2.05, 4.69) is 0 Å². The molecule has 1 aromatic rings. The van der Waals surface area contributed by atoms with Gasteiger partial charge in [-0.3, -0.25) is 9.59 Å². The first-order valence-corrected chi connectivity index (χ1v) is 6.03. The summed E-state index contributed by atoms with van der Waals surface area (Å²) in [6.45, 7) is -0.839. The van der Waals surface area contributed by atoms with Crippen LogP contribution >= 0.6 is 34.8 Å². The molecule has 1 aromatic carbocycles. The minimum Gasteiger partial charge on any atom is -0.484 e. The number of carbonyl (C=O) groups excluding carboxylic acids is 2. The SMILES string of the molecule is O=C(CCO)C(=O)COc1cc(Cl)c(Cl)cc1Cl. The summed E-state index contributed by atoms with van der Waals surface area (Å²) < 4.78 is 5.07. The van der Waals surface area contributed by atoms with Crippen LogP contribution in [0.15, 0.2) is 12.1 Å². The van der Waals surface area contributed by atoms with Crippen molar-refractivity contribution >= 4 is 46.4 Å². The average molecular weight is 312 g/mol. The molecule has 0 atom stereocenters. The van der Waals surface area contributed by atoms with Gasteiger partial charge in [0.15, 0.2) is 6.61 Å².